The first kappa shape index (κ1) is 6.00. The Morgan fingerprint density at radius 3 is 2.25 bits per heavy atom. The zero-order valence-electron chi connectivity index (χ0n) is 4.00. The molecule has 0 aliphatic carbocycles. The van der Waals surface area contributed by atoms with Gasteiger partial charge in [-0.15, -0.1) is 0 Å². The number of aromatic nitrogens is 2. The molecule has 38 valence electrons. The Bertz CT molecular complexity index is 153. The average molecular weight is 216 g/mol. The summed E-state index contributed by atoms with van der Waals surface area (Å²) < 4.78 is 0.719. The van der Waals surface area contributed by atoms with Gasteiger partial charge in [0.05, 0.1) is 0 Å². The van der Waals surface area contributed by atoms with E-state index in [4.69, 9.17) is 7.85 Å². The van der Waals surface area contributed by atoms with Gasteiger partial charge in [0.25, 0.3) is 0 Å². The molecule has 1 aromatic rings. The molecule has 4 heteroatoms. The minimum atomic E-state index is 0.602. The van der Waals surface area contributed by atoms with Crippen LogP contribution in [-0.4, -0.2) is 17.8 Å². The lowest BCUT2D eigenvalue weighted by Crippen LogP contribution is -2.04. The molecule has 0 unspecified atom stereocenters. The summed E-state index contributed by atoms with van der Waals surface area (Å²) in [6, 6.07) is 0. The van der Waals surface area contributed by atoms with Gasteiger partial charge in [0, 0.05) is 35.0 Å². The summed E-state index contributed by atoms with van der Waals surface area (Å²) in [5.41, 5.74) is 0.602. The quantitative estimate of drug-likeness (QED) is 0.343. The molecule has 1 aromatic heterocycles. The van der Waals surface area contributed by atoms with Crippen molar-refractivity contribution in [1.29, 1.82) is 0 Å². The van der Waals surface area contributed by atoms with Crippen molar-refractivity contribution in [2.75, 3.05) is 0 Å². The molecular weight excluding hydrogens is 214 g/mol. The number of hydrogen-bond donors (Lipinski definition) is 0. The third-order valence-corrected chi connectivity index (χ3v) is 1.20. The van der Waals surface area contributed by atoms with E-state index in [0.29, 0.717) is 5.46 Å². The maximum atomic E-state index is 5.30. The summed E-state index contributed by atoms with van der Waals surface area (Å²) >= 11 is 2.02. The highest BCUT2D eigenvalue weighted by atomic mass is 127. The number of hydrogen-bond acceptors (Lipinski definition) is 2. The van der Waals surface area contributed by atoms with Gasteiger partial charge in [-0.1, -0.05) is 5.46 Å². The normalized spacial score (nSPS) is 9.12. The highest BCUT2D eigenvalue weighted by Crippen LogP contribution is 1.88. The molecule has 2 radical (unpaired) electrons. The number of halogens is 1. The summed E-state index contributed by atoms with van der Waals surface area (Å²) in [7, 11) is 5.30. The Morgan fingerprint density at radius 2 is 1.88 bits per heavy atom. The zero-order valence-corrected chi connectivity index (χ0v) is 6.16. The fourth-order valence-corrected chi connectivity index (χ4v) is 0.601. The molecule has 0 aliphatic heterocycles. The van der Waals surface area contributed by atoms with E-state index in [1.807, 2.05) is 22.6 Å². The van der Waals surface area contributed by atoms with Crippen LogP contribution in [0.3, 0.4) is 0 Å². The average Bonchev–Trinajstić information content (AvgIpc) is 1.77. The fourth-order valence-electron chi connectivity index (χ4n) is 0.322. The van der Waals surface area contributed by atoms with Crippen molar-refractivity contribution in [3.8, 4) is 0 Å². The lowest BCUT2D eigenvalue weighted by Gasteiger charge is -1.87. The van der Waals surface area contributed by atoms with E-state index in [1.165, 1.54) is 0 Å². The van der Waals surface area contributed by atoms with Gasteiger partial charge in [-0.25, -0.2) is 9.97 Å². The van der Waals surface area contributed by atoms with Gasteiger partial charge in [0.2, 0.25) is 0 Å². The minimum Gasteiger partial charge on any atom is -0.232 e. The van der Waals surface area contributed by atoms with Crippen molar-refractivity contribution in [2.24, 2.45) is 0 Å². The molecule has 8 heavy (non-hydrogen) atoms. The Hall–Kier alpha value is -0.125. The molecule has 0 amide bonds. The molecular formula is C4H2BIN2. The van der Waals surface area contributed by atoms with Crippen LogP contribution in [0.5, 0.6) is 0 Å². The fraction of sp³-hybridized carbons (Fsp3) is 0. The van der Waals surface area contributed by atoms with Crippen LogP contribution in [0.2, 0.25) is 0 Å². The first-order chi connectivity index (χ1) is 3.79. The van der Waals surface area contributed by atoms with Crippen molar-refractivity contribution >= 4 is 35.9 Å². The molecule has 0 fully saturated rings. The molecule has 2 nitrogen and oxygen atoms in total. The number of nitrogens with zero attached hydrogens (tertiary/aromatic N) is 2. The molecule has 0 saturated heterocycles. The van der Waals surface area contributed by atoms with Crippen molar-refractivity contribution < 1.29 is 0 Å². The van der Waals surface area contributed by atoms with Crippen molar-refractivity contribution in [3.05, 3.63) is 16.2 Å². The van der Waals surface area contributed by atoms with E-state index in [9.17, 15) is 0 Å². The van der Waals surface area contributed by atoms with E-state index in [2.05, 4.69) is 9.97 Å². The molecule has 0 bridgehead atoms. The second-order valence-electron chi connectivity index (χ2n) is 1.29. The van der Waals surface area contributed by atoms with Crippen LogP contribution in [-0.2, 0) is 0 Å². The highest BCUT2D eigenvalue weighted by molar-refractivity contribution is 14.1. The predicted molar refractivity (Wildman–Crippen MR) is 40.1 cm³/mol. The summed E-state index contributed by atoms with van der Waals surface area (Å²) in [6.45, 7) is 0. The van der Waals surface area contributed by atoms with Crippen LogP contribution >= 0.6 is 22.6 Å². The maximum absolute atomic E-state index is 5.30. The van der Waals surface area contributed by atoms with Crippen LogP contribution in [0.25, 0.3) is 0 Å². The Labute approximate surface area is 62.3 Å². The lowest BCUT2D eigenvalue weighted by molar-refractivity contribution is 1.12. The van der Waals surface area contributed by atoms with Gasteiger partial charge in [0.15, 0.2) is 3.83 Å². The standard InChI is InChI=1S/C4H2BIN2/c5-3-1-7-4(6)8-2-3/h1-2H. The Balaban J connectivity index is 3.03. The minimum absolute atomic E-state index is 0.602. The first-order valence-corrected chi connectivity index (χ1v) is 3.10. The van der Waals surface area contributed by atoms with Crippen LogP contribution in [0.4, 0.5) is 0 Å². The van der Waals surface area contributed by atoms with E-state index in [-0.39, 0.29) is 0 Å². The summed E-state index contributed by atoms with van der Waals surface area (Å²) in [5, 5.41) is 0. The van der Waals surface area contributed by atoms with E-state index in [1.54, 1.807) is 12.4 Å². The summed E-state index contributed by atoms with van der Waals surface area (Å²) in [6.07, 6.45) is 3.16. The topological polar surface area (TPSA) is 25.8 Å². The largest absolute Gasteiger partial charge is 0.232 e. The van der Waals surface area contributed by atoms with Gasteiger partial charge in [-0.3, -0.25) is 0 Å². The van der Waals surface area contributed by atoms with Crippen LogP contribution in [0.1, 0.15) is 0 Å². The lowest BCUT2D eigenvalue weighted by atomic mass is 10.0. The van der Waals surface area contributed by atoms with E-state index >= 15 is 0 Å². The second kappa shape index (κ2) is 2.43. The molecule has 0 N–H and O–H groups in total. The van der Waals surface area contributed by atoms with Crippen molar-refractivity contribution in [1.82, 2.24) is 9.97 Å². The van der Waals surface area contributed by atoms with Gasteiger partial charge in [-0.05, 0) is 0 Å². The zero-order chi connectivity index (χ0) is 5.98. The summed E-state index contributed by atoms with van der Waals surface area (Å²) in [5.74, 6) is 0. The molecule has 0 aromatic carbocycles. The number of rotatable bonds is 0. The first-order valence-electron chi connectivity index (χ1n) is 2.02. The van der Waals surface area contributed by atoms with Gasteiger partial charge >= 0.3 is 0 Å². The van der Waals surface area contributed by atoms with Crippen LogP contribution < -0.4 is 5.46 Å². The highest BCUT2D eigenvalue weighted by Gasteiger charge is 1.84. The SMILES string of the molecule is [B]c1cnc(I)nc1. The monoisotopic (exact) mass is 216 g/mol. The molecule has 0 aliphatic rings. The van der Waals surface area contributed by atoms with Crippen molar-refractivity contribution in [3.63, 3.8) is 0 Å². The van der Waals surface area contributed by atoms with Crippen LogP contribution in [0, 0.1) is 3.83 Å². The van der Waals surface area contributed by atoms with Crippen molar-refractivity contribution in [2.45, 2.75) is 0 Å². The Kier molecular flexibility index (Phi) is 1.83. The second-order valence-corrected chi connectivity index (χ2v) is 2.25. The maximum Gasteiger partial charge on any atom is 0.190 e. The van der Waals surface area contributed by atoms with Crippen LogP contribution in [0.15, 0.2) is 12.4 Å². The molecule has 0 spiro atoms. The van der Waals surface area contributed by atoms with Gasteiger partial charge < -0.3 is 0 Å². The molecule has 1 heterocycles. The smallest absolute Gasteiger partial charge is 0.190 e. The molecule has 0 atom stereocenters. The van der Waals surface area contributed by atoms with E-state index in [0.717, 1.165) is 3.83 Å². The van der Waals surface area contributed by atoms with Gasteiger partial charge in [0.1, 0.15) is 7.85 Å². The van der Waals surface area contributed by atoms with Gasteiger partial charge in [-0.2, -0.15) is 0 Å². The molecule has 0 saturated carbocycles. The molecule has 1 rings (SSSR count). The third kappa shape index (κ3) is 1.43. The Morgan fingerprint density at radius 1 is 1.38 bits per heavy atom. The summed E-state index contributed by atoms with van der Waals surface area (Å²) in [4.78, 5) is 7.66. The van der Waals surface area contributed by atoms with E-state index < -0.39 is 0 Å². The predicted octanol–water partition coefficient (Wildman–Crippen LogP) is -0.125. The third-order valence-electron chi connectivity index (χ3n) is 0.640.